The molecule has 0 spiro atoms. The minimum absolute atomic E-state index is 0.0819. The third kappa shape index (κ3) is 4.20. The summed E-state index contributed by atoms with van der Waals surface area (Å²) in [5.41, 5.74) is 2.78. The molecule has 0 aliphatic carbocycles. The van der Waals surface area contributed by atoms with Crippen molar-refractivity contribution >= 4 is 11.8 Å². The predicted octanol–water partition coefficient (Wildman–Crippen LogP) is 2.87. The van der Waals surface area contributed by atoms with E-state index in [1.807, 2.05) is 49.4 Å². The van der Waals surface area contributed by atoms with Gasteiger partial charge >= 0.3 is 0 Å². The van der Waals surface area contributed by atoms with Gasteiger partial charge in [0.1, 0.15) is 5.75 Å². The van der Waals surface area contributed by atoms with E-state index in [1.54, 1.807) is 27.8 Å². The minimum Gasteiger partial charge on any atom is -0.493 e. The van der Waals surface area contributed by atoms with Crippen molar-refractivity contribution in [3.8, 4) is 5.75 Å². The van der Waals surface area contributed by atoms with Crippen LogP contribution in [-0.2, 0) is 19.6 Å². The molecule has 154 valence electrons. The van der Waals surface area contributed by atoms with E-state index in [0.717, 1.165) is 11.3 Å². The molecule has 0 saturated carbocycles. The molecule has 0 unspecified atom stereocenters. The van der Waals surface area contributed by atoms with E-state index in [2.05, 4.69) is 10.4 Å². The lowest BCUT2D eigenvalue weighted by molar-refractivity contribution is 0.0701. The Labute approximate surface area is 175 Å². The smallest absolute Gasteiger partial charge is 0.272 e. The van der Waals surface area contributed by atoms with Crippen LogP contribution < -0.4 is 10.1 Å². The molecule has 1 N–H and O–H groups in total. The van der Waals surface area contributed by atoms with Crippen LogP contribution in [-0.4, -0.2) is 39.6 Å². The third-order valence-electron chi connectivity index (χ3n) is 5.03. The summed E-state index contributed by atoms with van der Waals surface area (Å²) in [6, 6.07) is 18.8. The standard InChI is InChI=1S/C23H24N4O3/c1-2-30-21-11-7-6-10-19(21)23(29)26-12-13-27-18(16-26)14-20(25-27)22(28)24-15-17-8-4-3-5-9-17/h3-11,14H,2,12-13,15-16H2,1H3,(H,24,28). The van der Waals surface area contributed by atoms with Crippen LogP contribution >= 0.6 is 0 Å². The zero-order valence-electron chi connectivity index (χ0n) is 16.9. The molecule has 4 rings (SSSR count). The second kappa shape index (κ2) is 8.82. The molecular weight excluding hydrogens is 380 g/mol. The summed E-state index contributed by atoms with van der Waals surface area (Å²) >= 11 is 0. The van der Waals surface area contributed by atoms with E-state index in [4.69, 9.17) is 4.74 Å². The minimum atomic E-state index is -0.222. The van der Waals surface area contributed by atoms with Gasteiger partial charge in [-0.3, -0.25) is 14.3 Å². The number of nitrogens with one attached hydrogen (secondary N) is 1. The quantitative estimate of drug-likeness (QED) is 0.685. The van der Waals surface area contributed by atoms with Crippen molar-refractivity contribution < 1.29 is 14.3 Å². The van der Waals surface area contributed by atoms with E-state index in [9.17, 15) is 9.59 Å². The van der Waals surface area contributed by atoms with E-state index < -0.39 is 0 Å². The first-order valence-electron chi connectivity index (χ1n) is 10.1. The van der Waals surface area contributed by atoms with Gasteiger partial charge in [-0.25, -0.2) is 0 Å². The molecule has 0 radical (unpaired) electrons. The van der Waals surface area contributed by atoms with Crippen molar-refractivity contribution in [2.24, 2.45) is 0 Å². The molecule has 2 aromatic carbocycles. The van der Waals surface area contributed by atoms with Gasteiger partial charge in [0.15, 0.2) is 5.69 Å². The fourth-order valence-electron chi connectivity index (χ4n) is 3.51. The highest BCUT2D eigenvalue weighted by molar-refractivity contribution is 5.97. The number of hydrogen-bond donors (Lipinski definition) is 1. The second-order valence-corrected chi connectivity index (χ2v) is 7.07. The molecule has 0 fully saturated rings. The number of rotatable bonds is 6. The number of benzene rings is 2. The number of carbonyl (C=O) groups excluding carboxylic acids is 2. The zero-order valence-corrected chi connectivity index (χ0v) is 16.9. The Morgan fingerprint density at radius 3 is 2.63 bits per heavy atom. The van der Waals surface area contributed by atoms with Crippen molar-refractivity contribution in [2.75, 3.05) is 13.2 Å². The molecule has 0 bridgehead atoms. The van der Waals surface area contributed by atoms with E-state index in [-0.39, 0.29) is 11.8 Å². The topological polar surface area (TPSA) is 76.5 Å². The van der Waals surface area contributed by atoms with Crippen molar-refractivity contribution in [1.29, 1.82) is 0 Å². The van der Waals surface area contributed by atoms with Gasteiger partial charge in [-0.15, -0.1) is 0 Å². The SMILES string of the molecule is CCOc1ccccc1C(=O)N1CCn2nc(C(=O)NCc3ccccc3)cc2C1. The zero-order chi connectivity index (χ0) is 20.9. The van der Waals surface area contributed by atoms with Gasteiger partial charge in [0.05, 0.1) is 31.0 Å². The van der Waals surface area contributed by atoms with Gasteiger partial charge in [0.25, 0.3) is 11.8 Å². The van der Waals surface area contributed by atoms with Crippen molar-refractivity contribution in [1.82, 2.24) is 20.0 Å². The first kappa shape index (κ1) is 19.7. The van der Waals surface area contributed by atoms with Crippen LogP contribution in [0.1, 0.15) is 39.0 Å². The Morgan fingerprint density at radius 2 is 1.83 bits per heavy atom. The second-order valence-electron chi connectivity index (χ2n) is 7.07. The lowest BCUT2D eigenvalue weighted by Crippen LogP contribution is -2.38. The maximum absolute atomic E-state index is 13.0. The van der Waals surface area contributed by atoms with Gasteiger partial charge in [-0.1, -0.05) is 42.5 Å². The summed E-state index contributed by atoms with van der Waals surface area (Å²) in [7, 11) is 0. The number of carbonyl (C=O) groups is 2. The van der Waals surface area contributed by atoms with E-state index in [1.165, 1.54) is 0 Å². The number of ether oxygens (including phenoxy) is 1. The lowest BCUT2D eigenvalue weighted by Gasteiger charge is -2.28. The molecule has 1 aromatic heterocycles. The third-order valence-corrected chi connectivity index (χ3v) is 5.03. The van der Waals surface area contributed by atoms with Crippen LogP contribution in [0.4, 0.5) is 0 Å². The normalized spacial score (nSPS) is 12.9. The van der Waals surface area contributed by atoms with Crippen LogP contribution in [0.3, 0.4) is 0 Å². The van der Waals surface area contributed by atoms with Gasteiger partial charge in [-0.2, -0.15) is 5.10 Å². The molecule has 3 aromatic rings. The number of para-hydroxylation sites is 1. The summed E-state index contributed by atoms with van der Waals surface area (Å²) < 4.78 is 7.40. The summed E-state index contributed by atoms with van der Waals surface area (Å²) in [4.78, 5) is 27.3. The molecule has 2 heterocycles. The summed E-state index contributed by atoms with van der Waals surface area (Å²) in [6.07, 6.45) is 0. The van der Waals surface area contributed by atoms with Gasteiger partial charge in [0.2, 0.25) is 0 Å². The predicted molar refractivity (Wildman–Crippen MR) is 112 cm³/mol. The monoisotopic (exact) mass is 404 g/mol. The molecule has 1 aliphatic heterocycles. The lowest BCUT2D eigenvalue weighted by atomic mass is 10.1. The highest BCUT2D eigenvalue weighted by Gasteiger charge is 2.26. The molecule has 30 heavy (non-hydrogen) atoms. The number of hydrogen-bond acceptors (Lipinski definition) is 4. The fraction of sp³-hybridized carbons (Fsp3) is 0.261. The molecular formula is C23H24N4O3. The molecule has 7 nitrogen and oxygen atoms in total. The van der Waals surface area contributed by atoms with Crippen molar-refractivity contribution in [3.05, 3.63) is 83.2 Å². The molecule has 2 amide bonds. The highest BCUT2D eigenvalue weighted by atomic mass is 16.5. The average Bonchev–Trinajstić information content (AvgIpc) is 3.22. The van der Waals surface area contributed by atoms with Crippen molar-refractivity contribution in [3.63, 3.8) is 0 Å². The Balaban J connectivity index is 1.44. The van der Waals surface area contributed by atoms with Crippen LogP contribution in [0.5, 0.6) is 5.75 Å². The fourth-order valence-corrected chi connectivity index (χ4v) is 3.51. The first-order chi connectivity index (χ1) is 14.7. The molecule has 1 aliphatic rings. The Bertz CT molecular complexity index is 1050. The van der Waals surface area contributed by atoms with Crippen LogP contribution in [0.15, 0.2) is 60.7 Å². The maximum Gasteiger partial charge on any atom is 0.272 e. The number of fused-ring (bicyclic) bond motifs is 1. The molecule has 7 heteroatoms. The first-order valence-corrected chi connectivity index (χ1v) is 10.1. The van der Waals surface area contributed by atoms with Gasteiger partial charge in [-0.05, 0) is 30.7 Å². The largest absolute Gasteiger partial charge is 0.493 e. The average molecular weight is 404 g/mol. The maximum atomic E-state index is 13.0. The van der Waals surface area contributed by atoms with Gasteiger partial charge in [0, 0.05) is 13.1 Å². The Morgan fingerprint density at radius 1 is 1.07 bits per heavy atom. The van der Waals surface area contributed by atoms with Crippen LogP contribution in [0, 0.1) is 0 Å². The molecule has 0 atom stereocenters. The summed E-state index contributed by atoms with van der Waals surface area (Å²) in [6.45, 7) is 4.31. The number of amides is 2. The van der Waals surface area contributed by atoms with Crippen LogP contribution in [0.25, 0.3) is 0 Å². The van der Waals surface area contributed by atoms with Crippen LogP contribution in [0.2, 0.25) is 0 Å². The Kier molecular flexibility index (Phi) is 5.79. The van der Waals surface area contributed by atoms with Gasteiger partial charge < -0.3 is 15.0 Å². The number of aromatic nitrogens is 2. The highest BCUT2D eigenvalue weighted by Crippen LogP contribution is 2.23. The van der Waals surface area contributed by atoms with E-state index in [0.29, 0.717) is 49.8 Å². The van der Waals surface area contributed by atoms with E-state index >= 15 is 0 Å². The summed E-state index contributed by atoms with van der Waals surface area (Å²) in [5, 5.41) is 7.31. The van der Waals surface area contributed by atoms with Crippen molar-refractivity contribution in [2.45, 2.75) is 26.6 Å². The molecule has 0 saturated heterocycles. The number of nitrogens with zero attached hydrogens (tertiary/aromatic N) is 3. The Hall–Kier alpha value is -3.61. The summed E-state index contributed by atoms with van der Waals surface area (Å²) in [5.74, 6) is 0.284.